The molecule has 0 saturated carbocycles. The van der Waals surface area contributed by atoms with Crippen molar-refractivity contribution >= 4 is 11.6 Å². The summed E-state index contributed by atoms with van der Waals surface area (Å²) in [4.78, 5) is 37.4. The molecule has 1 aliphatic carbocycles. The van der Waals surface area contributed by atoms with Crippen LogP contribution in [-0.4, -0.2) is 30.4 Å². The molecule has 1 heterocycles. The number of benzene rings is 1. The molecule has 3 rings (SSSR count). The molecule has 6 heteroatoms. The minimum absolute atomic E-state index is 0.0482. The number of pyridine rings is 1. The van der Waals surface area contributed by atoms with E-state index in [1.165, 1.54) is 44.0 Å². The third-order valence-electron chi connectivity index (χ3n) is 3.78. The van der Waals surface area contributed by atoms with E-state index < -0.39 is 5.56 Å². The van der Waals surface area contributed by atoms with Crippen molar-refractivity contribution in [2.45, 2.75) is 0 Å². The van der Waals surface area contributed by atoms with Gasteiger partial charge in [-0.2, -0.15) is 0 Å². The number of carbonyl (C=O) groups excluding carboxylic acids is 2. The molecule has 0 fully saturated rings. The van der Waals surface area contributed by atoms with E-state index in [1.54, 1.807) is 6.07 Å². The zero-order chi connectivity index (χ0) is 16.0. The predicted molar refractivity (Wildman–Crippen MR) is 78.1 cm³/mol. The van der Waals surface area contributed by atoms with Gasteiger partial charge in [0, 0.05) is 24.2 Å². The number of ether oxygens (including phenoxy) is 2. The molecule has 1 aromatic heterocycles. The summed E-state index contributed by atoms with van der Waals surface area (Å²) in [7, 11) is 4.29. The lowest BCUT2D eigenvalue weighted by atomic mass is 9.86. The summed E-state index contributed by atoms with van der Waals surface area (Å²) < 4.78 is 11.4. The standard InChI is InChI=1S/C16H13NO5/c1-17-12(18)7-11(22-3)13-14(17)16(20)9-5-4-8(21-2)6-10(9)15(13)19/h4-7H,1-3H3. The first kappa shape index (κ1) is 14.1. The van der Waals surface area contributed by atoms with Crippen molar-refractivity contribution in [3.63, 3.8) is 0 Å². The Bertz CT molecular complexity index is 879. The van der Waals surface area contributed by atoms with E-state index in [4.69, 9.17) is 9.47 Å². The average Bonchev–Trinajstić information content (AvgIpc) is 2.54. The minimum atomic E-state index is -0.409. The van der Waals surface area contributed by atoms with Crippen molar-refractivity contribution in [2.75, 3.05) is 14.2 Å². The molecule has 0 saturated heterocycles. The second kappa shape index (κ2) is 4.84. The largest absolute Gasteiger partial charge is 0.497 e. The molecule has 0 spiro atoms. The highest BCUT2D eigenvalue weighted by Crippen LogP contribution is 2.33. The van der Waals surface area contributed by atoms with Gasteiger partial charge in [0.05, 0.1) is 19.8 Å². The van der Waals surface area contributed by atoms with Gasteiger partial charge in [0.25, 0.3) is 5.56 Å². The van der Waals surface area contributed by atoms with Gasteiger partial charge in [-0.15, -0.1) is 0 Å². The van der Waals surface area contributed by atoms with Crippen molar-refractivity contribution in [3.05, 3.63) is 57.0 Å². The Morgan fingerprint density at radius 2 is 1.64 bits per heavy atom. The van der Waals surface area contributed by atoms with Crippen molar-refractivity contribution in [2.24, 2.45) is 7.05 Å². The second-order valence-electron chi connectivity index (χ2n) is 4.90. The summed E-state index contributed by atoms with van der Waals surface area (Å²) in [5.41, 5.74) is 0.242. The molecule has 2 aromatic rings. The SMILES string of the molecule is COc1ccc2c(c1)C(=O)c1c(OC)cc(=O)n(C)c1C2=O. The zero-order valence-electron chi connectivity index (χ0n) is 12.3. The predicted octanol–water partition coefficient (Wildman–Crippen LogP) is 1.18. The molecule has 0 aliphatic heterocycles. The number of aromatic nitrogens is 1. The van der Waals surface area contributed by atoms with Crippen LogP contribution in [0.15, 0.2) is 29.1 Å². The van der Waals surface area contributed by atoms with Gasteiger partial charge < -0.3 is 14.0 Å². The number of methoxy groups -OCH3 is 2. The first-order chi connectivity index (χ1) is 10.5. The van der Waals surface area contributed by atoms with Crippen LogP contribution in [0.3, 0.4) is 0 Å². The number of hydrogen-bond acceptors (Lipinski definition) is 5. The quantitative estimate of drug-likeness (QED) is 0.710. The van der Waals surface area contributed by atoms with Gasteiger partial charge in [0.15, 0.2) is 5.78 Å². The highest BCUT2D eigenvalue weighted by atomic mass is 16.5. The van der Waals surface area contributed by atoms with Crippen LogP contribution in [0.5, 0.6) is 11.5 Å². The van der Waals surface area contributed by atoms with Crippen LogP contribution in [0.1, 0.15) is 32.0 Å². The van der Waals surface area contributed by atoms with E-state index in [0.29, 0.717) is 5.75 Å². The molecule has 0 atom stereocenters. The van der Waals surface area contributed by atoms with Crippen LogP contribution in [0.25, 0.3) is 0 Å². The Kier molecular flexibility index (Phi) is 3.09. The number of fused-ring (bicyclic) bond motifs is 2. The number of hydrogen-bond donors (Lipinski definition) is 0. The van der Waals surface area contributed by atoms with Crippen LogP contribution in [0.4, 0.5) is 0 Å². The van der Waals surface area contributed by atoms with Crippen molar-refractivity contribution < 1.29 is 19.1 Å². The molecule has 1 aromatic carbocycles. The Balaban J connectivity index is 2.38. The molecular weight excluding hydrogens is 286 g/mol. The lowest BCUT2D eigenvalue weighted by Gasteiger charge is -2.21. The number of rotatable bonds is 2. The van der Waals surface area contributed by atoms with Crippen LogP contribution in [-0.2, 0) is 7.05 Å². The van der Waals surface area contributed by atoms with E-state index in [0.717, 1.165) is 0 Å². The van der Waals surface area contributed by atoms with Crippen LogP contribution < -0.4 is 15.0 Å². The molecule has 22 heavy (non-hydrogen) atoms. The normalized spacial score (nSPS) is 12.7. The summed E-state index contributed by atoms with van der Waals surface area (Å²) in [6, 6.07) is 5.85. The van der Waals surface area contributed by atoms with Gasteiger partial charge in [-0.05, 0) is 18.2 Å². The van der Waals surface area contributed by atoms with E-state index in [9.17, 15) is 14.4 Å². The lowest BCUT2D eigenvalue weighted by molar-refractivity contribution is 0.0968. The van der Waals surface area contributed by atoms with E-state index in [2.05, 4.69) is 0 Å². The highest BCUT2D eigenvalue weighted by molar-refractivity contribution is 6.28. The molecule has 0 N–H and O–H groups in total. The molecule has 0 bridgehead atoms. The molecular formula is C16H13NO5. The van der Waals surface area contributed by atoms with E-state index >= 15 is 0 Å². The summed E-state index contributed by atoms with van der Waals surface area (Å²) in [5.74, 6) is -0.168. The Hall–Kier alpha value is -2.89. The smallest absolute Gasteiger partial charge is 0.254 e. The third kappa shape index (κ3) is 1.77. The molecule has 0 radical (unpaired) electrons. The fourth-order valence-electron chi connectivity index (χ4n) is 2.62. The summed E-state index contributed by atoms with van der Waals surface area (Å²) >= 11 is 0. The number of nitrogens with zero attached hydrogens (tertiary/aromatic N) is 1. The van der Waals surface area contributed by atoms with Gasteiger partial charge in [0.2, 0.25) is 5.78 Å². The minimum Gasteiger partial charge on any atom is -0.497 e. The Morgan fingerprint density at radius 3 is 2.27 bits per heavy atom. The maximum atomic E-state index is 12.8. The van der Waals surface area contributed by atoms with E-state index in [1.807, 2.05) is 0 Å². The Labute approximate surface area is 125 Å². The van der Waals surface area contributed by atoms with E-state index in [-0.39, 0.29) is 39.7 Å². The second-order valence-corrected chi connectivity index (χ2v) is 4.90. The van der Waals surface area contributed by atoms with Crippen molar-refractivity contribution in [3.8, 4) is 11.5 Å². The number of ketones is 2. The molecule has 0 amide bonds. The maximum Gasteiger partial charge on any atom is 0.254 e. The fourth-order valence-corrected chi connectivity index (χ4v) is 2.62. The van der Waals surface area contributed by atoms with Gasteiger partial charge >= 0.3 is 0 Å². The van der Waals surface area contributed by atoms with Gasteiger partial charge in [-0.25, -0.2) is 0 Å². The van der Waals surface area contributed by atoms with Crippen LogP contribution >= 0.6 is 0 Å². The lowest BCUT2D eigenvalue weighted by Crippen LogP contribution is -2.31. The fraction of sp³-hybridized carbons (Fsp3) is 0.188. The number of carbonyl (C=O) groups is 2. The van der Waals surface area contributed by atoms with Gasteiger partial charge in [-0.3, -0.25) is 14.4 Å². The first-order valence-electron chi connectivity index (χ1n) is 6.55. The highest BCUT2D eigenvalue weighted by Gasteiger charge is 2.35. The summed E-state index contributed by atoms with van der Waals surface area (Å²) in [6.45, 7) is 0. The van der Waals surface area contributed by atoms with Gasteiger partial charge in [-0.1, -0.05) is 0 Å². The van der Waals surface area contributed by atoms with Crippen LogP contribution in [0, 0.1) is 0 Å². The summed E-state index contributed by atoms with van der Waals surface area (Å²) in [6.07, 6.45) is 0. The summed E-state index contributed by atoms with van der Waals surface area (Å²) in [5, 5.41) is 0. The Morgan fingerprint density at radius 1 is 0.909 bits per heavy atom. The topological polar surface area (TPSA) is 74.6 Å². The maximum absolute atomic E-state index is 12.8. The van der Waals surface area contributed by atoms with Gasteiger partial charge in [0.1, 0.15) is 17.2 Å². The zero-order valence-corrected chi connectivity index (χ0v) is 12.3. The third-order valence-corrected chi connectivity index (χ3v) is 3.78. The molecule has 6 nitrogen and oxygen atoms in total. The molecule has 112 valence electrons. The van der Waals surface area contributed by atoms with Crippen LogP contribution in [0.2, 0.25) is 0 Å². The van der Waals surface area contributed by atoms with Crippen molar-refractivity contribution in [1.29, 1.82) is 0 Å². The molecule has 0 unspecified atom stereocenters. The molecule has 1 aliphatic rings. The van der Waals surface area contributed by atoms with Crippen molar-refractivity contribution in [1.82, 2.24) is 4.57 Å². The monoisotopic (exact) mass is 299 g/mol. The first-order valence-corrected chi connectivity index (χ1v) is 6.55. The average molecular weight is 299 g/mol.